The van der Waals surface area contributed by atoms with Crippen molar-refractivity contribution in [3.05, 3.63) is 30.1 Å². The summed E-state index contributed by atoms with van der Waals surface area (Å²) >= 11 is 0. The molecule has 0 aliphatic carbocycles. The molecule has 0 radical (unpaired) electrons. The SMILES string of the molecule is O=C(O)CC1CCCCN1C(=O)NCc1cccnc1. The fraction of sp³-hybridized carbons (Fsp3) is 0.500. The Balaban J connectivity index is 1.90. The van der Waals surface area contributed by atoms with Crippen LogP contribution in [0.4, 0.5) is 4.79 Å². The molecule has 2 rings (SSSR count). The summed E-state index contributed by atoms with van der Waals surface area (Å²) in [5, 5.41) is 11.7. The summed E-state index contributed by atoms with van der Waals surface area (Å²) in [6, 6.07) is 3.31. The van der Waals surface area contributed by atoms with E-state index in [2.05, 4.69) is 10.3 Å². The van der Waals surface area contributed by atoms with Gasteiger partial charge in [0.05, 0.1) is 6.42 Å². The van der Waals surface area contributed by atoms with Crippen molar-refractivity contribution in [3.8, 4) is 0 Å². The molecule has 1 unspecified atom stereocenters. The van der Waals surface area contributed by atoms with Crippen LogP contribution in [0.2, 0.25) is 0 Å². The van der Waals surface area contributed by atoms with Crippen LogP contribution < -0.4 is 5.32 Å². The number of hydrogen-bond donors (Lipinski definition) is 2. The molecule has 1 aromatic heterocycles. The van der Waals surface area contributed by atoms with Crippen molar-refractivity contribution in [3.63, 3.8) is 0 Å². The minimum absolute atomic E-state index is 0.0142. The number of amides is 2. The first kappa shape index (κ1) is 14.3. The van der Waals surface area contributed by atoms with Crippen molar-refractivity contribution in [1.29, 1.82) is 0 Å². The van der Waals surface area contributed by atoms with Gasteiger partial charge in [0.25, 0.3) is 0 Å². The van der Waals surface area contributed by atoms with Crippen molar-refractivity contribution >= 4 is 12.0 Å². The quantitative estimate of drug-likeness (QED) is 0.876. The smallest absolute Gasteiger partial charge is 0.317 e. The summed E-state index contributed by atoms with van der Waals surface area (Å²) in [6.45, 7) is 1.03. The van der Waals surface area contributed by atoms with E-state index < -0.39 is 5.97 Å². The first-order valence-corrected chi connectivity index (χ1v) is 6.82. The highest BCUT2D eigenvalue weighted by Gasteiger charge is 2.28. The molecule has 1 saturated heterocycles. The number of urea groups is 1. The molecule has 0 aromatic carbocycles. The molecule has 2 heterocycles. The summed E-state index contributed by atoms with van der Waals surface area (Å²) in [4.78, 5) is 28.6. The Labute approximate surface area is 117 Å². The second kappa shape index (κ2) is 6.88. The molecule has 6 heteroatoms. The van der Waals surface area contributed by atoms with Gasteiger partial charge in [-0.05, 0) is 30.9 Å². The number of aliphatic carboxylic acids is 1. The number of carboxylic acid groups (broad SMARTS) is 1. The lowest BCUT2D eigenvalue weighted by Gasteiger charge is -2.34. The molecule has 20 heavy (non-hydrogen) atoms. The minimum Gasteiger partial charge on any atom is -0.481 e. The number of rotatable bonds is 4. The molecule has 1 aromatic rings. The fourth-order valence-electron chi connectivity index (χ4n) is 2.46. The summed E-state index contributed by atoms with van der Waals surface area (Å²) < 4.78 is 0. The van der Waals surface area contributed by atoms with Crippen LogP contribution in [-0.4, -0.2) is 39.6 Å². The molecule has 0 bridgehead atoms. The summed E-state index contributed by atoms with van der Waals surface area (Å²) in [5.41, 5.74) is 0.924. The van der Waals surface area contributed by atoms with Crippen LogP contribution in [0.3, 0.4) is 0 Å². The number of pyridine rings is 1. The van der Waals surface area contributed by atoms with Crippen molar-refractivity contribution in [2.75, 3.05) is 6.54 Å². The highest BCUT2D eigenvalue weighted by atomic mass is 16.4. The maximum absolute atomic E-state index is 12.2. The van der Waals surface area contributed by atoms with Gasteiger partial charge in [-0.2, -0.15) is 0 Å². The van der Waals surface area contributed by atoms with Gasteiger partial charge >= 0.3 is 12.0 Å². The van der Waals surface area contributed by atoms with Gasteiger partial charge in [-0.25, -0.2) is 4.79 Å². The molecule has 2 amide bonds. The standard InChI is InChI=1S/C14H19N3O3/c18-13(19)8-12-5-1-2-7-17(12)14(20)16-10-11-4-3-6-15-9-11/h3-4,6,9,12H,1-2,5,7-8,10H2,(H,16,20)(H,18,19). The Morgan fingerprint density at radius 2 is 2.30 bits per heavy atom. The number of nitrogens with one attached hydrogen (secondary N) is 1. The Morgan fingerprint density at radius 1 is 1.45 bits per heavy atom. The molecular formula is C14H19N3O3. The monoisotopic (exact) mass is 277 g/mol. The highest BCUT2D eigenvalue weighted by molar-refractivity contribution is 5.76. The number of piperidine rings is 1. The van der Waals surface area contributed by atoms with E-state index in [1.807, 2.05) is 12.1 Å². The third-order valence-corrected chi connectivity index (χ3v) is 3.46. The van der Waals surface area contributed by atoms with Crippen LogP contribution in [0.25, 0.3) is 0 Å². The second-order valence-corrected chi connectivity index (χ2v) is 4.96. The predicted molar refractivity (Wildman–Crippen MR) is 73.1 cm³/mol. The van der Waals surface area contributed by atoms with E-state index in [9.17, 15) is 9.59 Å². The predicted octanol–water partition coefficient (Wildman–Crippen LogP) is 1.62. The first-order chi connectivity index (χ1) is 9.66. The maximum atomic E-state index is 12.2. The molecule has 1 aliphatic rings. The number of hydrogen-bond acceptors (Lipinski definition) is 3. The molecule has 2 N–H and O–H groups in total. The molecular weight excluding hydrogens is 258 g/mol. The number of carbonyl (C=O) groups is 2. The van der Waals surface area contributed by atoms with E-state index in [0.717, 1.165) is 24.8 Å². The first-order valence-electron chi connectivity index (χ1n) is 6.82. The van der Waals surface area contributed by atoms with E-state index >= 15 is 0 Å². The Kier molecular flexibility index (Phi) is 4.92. The van der Waals surface area contributed by atoms with Crippen molar-refractivity contribution in [2.24, 2.45) is 0 Å². The van der Waals surface area contributed by atoms with Crippen LogP contribution >= 0.6 is 0 Å². The van der Waals surface area contributed by atoms with E-state index in [0.29, 0.717) is 13.1 Å². The number of carbonyl (C=O) groups excluding carboxylic acids is 1. The molecule has 6 nitrogen and oxygen atoms in total. The van der Waals surface area contributed by atoms with Crippen LogP contribution in [-0.2, 0) is 11.3 Å². The Morgan fingerprint density at radius 3 is 3.00 bits per heavy atom. The van der Waals surface area contributed by atoms with Gasteiger partial charge in [0.15, 0.2) is 0 Å². The molecule has 108 valence electrons. The lowest BCUT2D eigenvalue weighted by molar-refractivity contribution is -0.138. The van der Waals surface area contributed by atoms with Gasteiger partial charge in [0, 0.05) is 31.5 Å². The highest BCUT2D eigenvalue weighted by Crippen LogP contribution is 2.19. The van der Waals surface area contributed by atoms with Crippen LogP contribution in [0.5, 0.6) is 0 Å². The average Bonchev–Trinajstić information content (AvgIpc) is 2.46. The number of likely N-dealkylation sites (tertiary alicyclic amines) is 1. The zero-order valence-corrected chi connectivity index (χ0v) is 11.3. The number of carboxylic acids is 1. The van der Waals surface area contributed by atoms with Crippen LogP contribution in [0.1, 0.15) is 31.2 Å². The zero-order chi connectivity index (χ0) is 14.4. The van der Waals surface area contributed by atoms with Gasteiger partial charge in [-0.1, -0.05) is 6.07 Å². The summed E-state index contributed by atoms with van der Waals surface area (Å²) in [5.74, 6) is -0.859. The third kappa shape index (κ3) is 3.94. The lowest BCUT2D eigenvalue weighted by atomic mass is 10.00. The number of aromatic nitrogens is 1. The lowest BCUT2D eigenvalue weighted by Crippen LogP contribution is -2.49. The normalized spacial score (nSPS) is 18.6. The molecule has 0 saturated carbocycles. The summed E-state index contributed by atoms with van der Waals surface area (Å²) in [7, 11) is 0. The molecule has 0 spiro atoms. The van der Waals surface area contributed by atoms with Crippen molar-refractivity contribution in [1.82, 2.24) is 15.2 Å². The van der Waals surface area contributed by atoms with Gasteiger partial charge in [0.2, 0.25) is 0 Å². The third-order valence-electron chi connectivity index (χ3n) is 3.46. The van der Waals surface area contributed by atoms with E-state index in [1.54, 1.807) is 17.3 Å². The molecule has 1 aliphatic heterocycles. The molecule has 1 fully saturated rings. The minimum atomic E-state index is -0.859. The largest absolute Gasteiger partial charge is 0.481 e. The van der Waals surface area contributed by atoms with Crippen molar-refractivity contribution < 1.29 is 14.7 Å². The van der Waals surface area contributed by atoms with E-state index in [-0.39, 0.29) is 18.5 Å². The average molecular weight is 277 g/mol. The molecule has 1 atom stereocenters. The van der Waals surface area contributed by atoms with Gasteiger partial charge in [-0.15, -0.1) is 0 Å². The Hall–Kier alpha value is -2.11. The van der Waals surface area contributed by atoms with Crippen molar-refractivity contribution in [2.45, 2.75) is 38.3 Å². The van der Waals surface area contributed by atoms with Gasteiger partial charge in [0.1, 0.15) is 0 Å². The van der Waals surface area contributed by atoms with Crippen LogP contribution in [0, 0.1) is 0 Å². The fourth-order valence-corrected chi connectivity index (χ4v) is 2.46. The van der Waals surface area contributed by atoms with E-state index in [4.69, 9.17) is 5.11 Å². The van der Waals surface area contributed by atoms with Gasteiger partial charge < -0.3 is 15.3 Å². The van der Waals surface area contributed by atoms with Crippen LogP contribution in [0.15, 0.2) is 24.5 Å². The van der Waals surface area contributed by atoms with Gasteiger partial charge in [-0.3, -0.25) is 9.78 Å². The second-order valence-electron chi connectivity index (χ2n) is 4.96. The maximum Gasteiger partial charge on any atom is 0.317 e. The number of nitrogens with zero attached hydrogens (tertiary/aromatic N) is 2. The topological polar surface area (TPSA) is 82.5 Å². The Bertz CT molecular complexity index is 464. The zero-order valence-electron chi connectivity index (χ0n) is 11.3. The van der Waals surface area contributed by atoms with E-state index in [1.165, 1.54) is 0 Å². The summed E-state index contributed by atoms with van der Waals surface area (Å²) in [6.07, 6.45) is 6.05.